The van der Waals surface area contributed by atoms with Gasteiger partial charge in [-0.2, -0.15) is 5.26 Å². The molecule has 1 aromatic rings. The Balaban J connectivity index is 2.10. The van der Waals surface area contributed by atoms with Crippen molar-refractivity contribution in [2.75, 3.05) is 0 Å². The SMILES string of the molecule is CCCC1CCC(C#N)(C(O)c2csc(C)n2)CC1. The van der Waals surface area contributed by atoms with E-state index in [1.807, 2.05) is 12.3 Å². The van der Waals surface area contributed by atoms with Crippen molar-refractivity contribution in [3.05, 3.63) is 16.1 Å². The van der Waals surface area contributed by atoms with Crippen molar-refractivity contribution in [2.24, 2.45) is 11.3 Å². The Bertz CT molecular complexity index is 455. The van der Waals surface area contributed by atoms with Crippen molar-refractivity contribution in [3.8, 4) is 6.07 Å². The van der Waals surface area contributed by atoms with Gasteiger partial charge in [0.15, 0.2) is 0 Å². The lowest BCUT2D eigenvalue weighted by molar-refractivity contribution is 0.0211. The molecule has 1 unspecified atom stereocenters. The maximum atomic E-state index is 10.5. The van der Waals surface area contributed by atoms with Crippen LogP contribution in [-0.2, 0) is 0 Å². The minimum absolute atomic E-state index is 0.620. The smallest absolute Gasteiger partial charge is 0.115 e. The molecule has 0 bridgehead atoms. The Labute approximate surface area is 119 Å². The monoisotopic (exact) mass is 278 g/mol. The lowest BCUT2D eigenvalue weighted by Gasteiger charge is -2.37. The van der Waals surface area contributed by atoms with E-state index in [-0.39, 0.29) is 0 Å². The van der Waals surface area contributed by atoms with Gasteiger partial charge in [0.2, 0.25) is 0 Å². The maximum Gasteiger partial charge on any atom is 0.115 e. The Morgan fingerprint density at radius 3 is 2.74 bits per heavy atom. The Kier molecular flexibility index (Phi) is 4.59. The maximum absolute atomic E-state index is 10.5. The molecule has 1 N–H and O–H groups in total. The highest BCUT2D eigenvalue weighted by Crippen LogP contribution is 2.47. The highest BCUT2D eigenvalue weighted by molar-refractivity contribution is 7.09. The van der Waals surface area contributed by atoms with E-state index in [1.165, 1.54) is 24.2 Å². The van der Waals surface area contributed by atoms with Crippen molar-refractivity contribution in [2.45, 2.75) is 58.5 Å². The minimum atomic E-state index is -0.731. The Morgan fingerprint density at radius 1 is 1.58 bits per heavy atom. The Hall–Kier alpha value is -0.920. The zero-order valence-electron chi connectivity index (χ0n) is 11.7. The molecule has 1 saturated carbocycles. The van der Waals surface area contributed by atoms with E-state index < -0.39 is 11.5 Å². The summed E-state index contributed by atoms with van der Waals surface area (Å²) in [4.78, 5) is 4.35. The molecule has 1 aliphatic carbocycles. The third kappa shape index (κ3) is 2.98. The first-order chi connectivity index (χ1) is 9.11. The molecule has 1 fully saturated rings. The van der Waals surface area contributed by atoms with Crippen LogP contribution in [0.15, 0.2) is 5.38 Å². The fourth-order valence-corrected chi connectivity index (χ4v) is 3.76. The second kappa shape index (κ2) is 6.02. The molecule has 0 aromatic carbocycles. The van der Waals surface area contributed by atoms with Gasteiger partial charge in [-0.1, -0.05) is 19.8 Å². The summed E-state index contributed by atoms with van der Waals surface area (Å²) >= 11 is 1.53. The molecule has 3 nitrogen and oxygen atoms in total. The molecule has 0 saturated heterocycles. The van der Waals surface area contributed by atoms with E-state index >= 15 is 0 Å². The van der Waals surface area contributed by atoms with Crippen LogP contribution in [-0.4, -0.2) is 10.1 Å². The molecule has 104 valence electrons. The summed E-state index contributed by atoms with van der Waals surface area (Å²) in [5.41, 5.74) is 0.0584. The highest BCUT2D eigenvalue weighted by Gasteiger charge is 2.43. The predicted octanol–water partition coefficient (Wildman–Crippen LogP) is 3.99. The van der Waals surface area contributed by atoms with Gasteiger partial charge in [0.25, 0.3) is 0 Å². The molecule has 0 amide bonds. The van der Waals surface area contributed by atoms with Gasteiger partial charge in [-0.15, -0.1) is 11.3 Å². The van der Waals surface area contributed by atoms with E-state index in [2.05, 4.69) is 18.0 Å². The summed E-state index contributed by atoms with van der Waals surface area (Å²) in [7, 11) is 0. The summed E-state index contributed by atoms with van der Waals surface area (Å²) in [6.45, 7) is 4.14. The number of aromatic nitrogens is 1. The first-order valence-electron chi connectivity index (χ1n) is 7.12. The summed E-state index contributed by atoms with van der Waals surface area (Å²) in [5, 5.41) is 22.9. The molecular formula is C15H22N2OS. The molecule has 4 heteroatoms. The predicted molar refractivity (Wildman–Crippen MR) is 76.7 cm³/mol. The number of nitrogens with zero attached hydrogens (tertiary/aromatic N) is 2. The van der Waals surface area contributed by atoms with Crippen molar-refractivity contribution in [1.29, 1.82) is 5.26 Å². The van der Waals surface area contributed by atoms with Crippen molar-refractivity contribution in [3.63, 3.8) is 0 Å². The number of hydrogen-bond acceptors (Lipinski definition) is 4. The van der Waals surface area contributed by atoms with Crippen LogP contribution in [0.1, 0.15) is 62.3 Å². The van der Waals surface area contributed by atoms with Crippen LogP contribution >= 0.6 is 11.3 Å². The second-order valence-corrected chi connectivity index (χ2v) is 6.76. The van der Waals surface area contributed by atoms with Crippen molar-refractivity contribution < 1.29 is 5.11 Å². The topological polar surface area (TPSA) is 56.9 Å². The fourth-order valence-electron chi connectivity index (χ4n) is 3.12. The number of thiazole rings is 1. The highest BCUT2D eigenvalue weighted by atomic mass is 32.1. The standard InChI is InChI=1S/C15H22N2OS/c1-3-4-12-5-7-15(10-16,8-6-12)14(18)13-9-19-11(2)17-13/h9,12,14,18H,3-8H2,1-2H3. The third-order valence-electron chi connectivity index (χ3n) is 4.36. The number of aliphatic hydroxyl groups excluding tert-OH is 1. The van der Waals surface area contributed by atoms with Crippen LogP contribution in [0.4, 0.5) is 0 Å². The van der Waals surface area contributed by atoms with E-state index in [9.17, 15) is 10.4 Å². The molecule has 1 atom stereocenters. The molecule has 2 rings (SSSR count). The average Bonchev–Trinajstić information content (AvgIpc) is 2.86. The van der Waals surface area contributed by atoms with Crippen LogP contribution in [0.5, 0.6) is 0 Å². The van der Waals surface area contributed by atoms with Crippen molar-refractivity contribution >= 4 is 11.3 Å². The minimum Gasteiger partial charge on any atom is -0.385 e. The molecule has 1 aromatic heterocycles. The van der Waals surface area contributed by atoms with Crippen LogP contribution in [0.3, 0.4) is 0 Å². The molecule has 0 radical (unpaired) electrons. The van der Waals surface area contributed by atoms with Gasteiger partial charge in [0.05, 0.1) is 22.2 Å². The van der Waals surface area contributed by atoms with Crippen LogP contribution in [0.2, 0.25) is 0 Å². The number of nitriles is 1. The van der Waals surface area contributed by atoms with Gasteiger partial charge in [0.1, 0.15) is 6.10 Å². The first kappa shape index (κ1) is 14.5. The van der Waals surface area contributed by atoms with Crippen LogP contribution in [0.25, 0.3) is 0 Å². The molecule has 19 heavy (non-hydrogen) atoms. The normalized spacial score (nSPS) is 28.8. The van der Waals surface area contributed by atoms with Crippen LogP contribution < -0.4 is 0 Å². The van der Waals surface area contributed by atoms with Gasteiger partial charge in [-0.3, -0.25) is 0 Å². The summed E-state index contributed by atoms with van der Waals surface area (Å²) in [6, 6.07) is 2.40. The van der Waals surface area contributed by atoms with Gasteiger partial charge in [-0.05, 0) is 38.5 Å². The van der Waals surface area contributed by atoms with Gasteiger partial charge >= 0.3 is 0 Å². The van der Waals surface area contributed by atoms with Gasteiger partial charge in [-0.25, -0.2) is 4.98 Å². The molecular weight excluding hydrogens is 256 g/mol. The zero-order valence-corrected chi connectivity index (χ0v) is 12.5. The fraction of sp³-hybridized carbons (Fsp3) is 0.733. The zero-order chi connectivity index (χ0) is 13.9. The van der Waals surface area contributed by atoms with E-state index in [0.717, 1.165) is 36.6 Å². The second-order valence-electron chi connectivity index (χ2n) is 5.69. The number of aryl methyl sites for hydroxylation is 1. The van der Waals surface area contributed by atoms with Crippen LogP contribution in [0, 0.1) is 29.6 Å². The number of rotatable bonds is 4. The lowest BCUT2D eigenvalue weighted by atomic mass is 9.67. The summed E-state index contributed by atoms with van der Waals surface area (Å²) < 4.78 is 0. The lowest BCUT2D eigenvalue weighted by Crippen LogP contribution is -2.32. The van der Waals surface area contributed by atoms with Gasteiger partial charge < -0.3 is 5.11 Å². The molecule has 0 spiro atoms. The first-order valence-corrected chi connectivity index (χ1v) is 8.00. The third-order valence-corrected chi connectivity index (χ3v) is 5.15. The Morgan fingerprint density at radius 2 is 2.26 bits per heavy atom. The van der Waals surface area contributed by atoms with E-state index in [1.54, 1.807) is 0 Å². The summed E-state index contributed by atoms with van der Waals surface area (Å²) in [6.07, 6.45) is 5.43. The molecule has 1 aliphatic rings. The average molecular weight is 278 g/mol. The quantitative estimate of drug-likeness (QED) is 0.906. The van der Waals surface area contributed by atoms with E-state index in [0.29, 0.717) is 5.69 Å². The summed E-state index contributed by atoms with van der Waals surface area (Å²) in [5.74, 6) is 0.732. The van der Waals surface area contributed by atoms with Gasteiger partial charge in [0, 0.05) is 5.38 Å². The number of hydrogen-bond donors (Lipinski definition) is 1. The van der Waals surface area contributed by atoms with Crippen molar-refractivity contribution in [1.82, 2.24) is 4.98 Å². The molecule has 1 heterocycles. The van der Waals surface area contributed by atoms with E-state index in [4.69, 9.17) is 0 Å². The largest absolute Gasteiger partial charge is 0.385 e. The molecule has 0 aliphatic heterocycles. The number of aliphatic hydroxyl groups is 1.